The van der Waals surface area contributed by atoms with Gasteiger partial charge in [0, 0.05) is 44.9 Å². The average Bonchev–Trinajstić information content (AvgIpc) is 3.55. The van der Waals surface area contributed by atoms with Gasteiger partial charge in [-0.1, -0.05) is 133 Å². The van der Waals surface area contributed by atoms with Gasteiger partial charge in [0.1, 0.15) is 11.2 Å². The third-order valence-corrected chi connectivity index (χ3v) is 9.21. The molecule has 3 nitrogen and oxygen atoms in total. The van der Waals surface area contributed by atoms with Gasteiger partial charge >= 0.3 is 0 Å². The van der Waals surface area contributed by atoms with Crippen LogP contribution in [0.5, 0.6) is 0 Å². The molecule has 3 heteroatoms. The van der Waals surface area contributed by atoms with Crippen molar-refractivity contribution in [1.82, 2.24) is 0 Å². The normalized spacial score (nSPS) is 11.3. The zero-order valence-electron chi connectivity index (χ0n) is 26.8. The van der Waals surface area contributed by atoms with E-state index in [2.05, 4.69) is 204 Å². The highest BCUT2D eigenvalue weighted by molar-refractivity contribution is 6.17. The summed E-state index contributed by atoms with van der Waals surface area (Å²) in [7, 11) is 0. The quantitative estimate of drug-likeness (QED) is 0.175. The Labute approximate surface area is 285 Å². The number of fused-ring (bicyclic) bond motifs is 5. The number of hydrogen-bond acceptors (Lipinski definition) is 3. The number of nitrogens with zero attached hydrogens (tertiary/aromatic N) is 2. The van der Waals surface area contributed by atoms with Crippen LogP contribution < -0.4 is 9.80 Å². The first-order chi connectivity index (χ1) is 24.3. The molecule has 0 radical (unpaired) electrons. The summed E-state index contributed by atoms with van der Waals surface area (Å²) in [5.41, 5.74) is 10.3. The second-order valence-electron chi connectivity index (χ2n) is 12.2. The van der Waals surface area contributed by atoms with E-state index in [9.17, 15) is 0 Å². The van der Waals surface area contributed by atoms with Crippen molar-refractivity contribution in [3.05, 3.63) is 194 Å². The molecule has 1 heterocycles. The summed E-state index contributed by atoms with van der Waals surface area (Å²) in [6, 6.07) is 68.5. The van der Waals surface area contributed by atoms with Gasteiger partial charge in [-0.3, -0.25) is 0 Å². The monoisotopic (exact) mass is 628 g/mol. The highest BCUT2D eigenvalue weighted by Gasteiger charge is 2.26. The Morgan fingerprint density at radius 2 is 0.878 bits per heavy atom. The fourth-order valence-electron chi connectivity index (χ4n) is 6.98. The lowest BCUT2D eigenvalue weighted by molar-refractivity contribution is 0.672. The van der Waals surface area contributed by atoms with Crippen LogP contribution in [0.2, 0.25) is 0 Å². The maximum Gasteiger partial charge on any atom is 0.143 e. The summed E-state index contributed by atoms with van der Waals surface area (Å²) in [5, 5.41) is 4.43. The third-order valence-electron chi connectivity index (χ3n) is 9.21. The molecule has 0 bridgehead atoms. The van der Waals surface area contributed by atoms with E-state index in [4.69, 9.17) is 4.42 Å². The predicted octanol–water partition coefficient (Wildman–Crippen LogP) is 13.3. The molecule has 8 aromatic carbocycles. The van der Waals surface area contributed by atoms with Gasteiger partial charge in [-0.25, -0.2) is 0 Å². The fourth-order valence-corrected chi connectivity index (χ4v) is 6.98. The minimum atomic E-state index is 0.839. The van der Waals surface area contributed by atoms with Crippen LogP contribution in [0, 0.1) is 0 Å². The van der Waals surface area contributed by atoms with Crippen molar-refractivity contribution in [3.8, 4) is 11.1 Å². The van der Waals surface area contributed by atoms with E-state index in [0.717, 1.165) is 78.0 Å². The number of para-hydroxylation sites is 4. The molecular formula is C46H32N2O. The van der Waals surface area contributed by atoms with Gasteiger partial charge in [0.2, 0.25) is 0 Å². The summed E-state index contributed by atoms with van der Waals surface area (Å²) in [6.45, 7) is 0. The van der Waals surface area contributed by atoms with Crippen molar-refractivity contribution in [2.75, 3.05) is 9.80 Å². The highest BCUT2D eigenvalue weighted by Crippen LogP contribution is 2.50. The summed E-state index contributed by atoms with van der Waals surface area (Å²) in [4.78, 5) is 4.73. The largest absolute Gasteiger partial charge is 0.455 e. The molecule has 9 aromatic rings. The van der Waals surface area contributed by atoms with Crippen LogP contribution in [0.15, 0.2) is 199 Å². The molecule has 232 valence electrons. The number of furan rings is 1. The first-order valence-corrected chi connectivity index (χ1v) is 16.6. The van der Waals surface area contributed by atoms with Crippen LogP contribution in [0.1, 0.15) is 0 Å². The predicted molar refractivity (Wildman–Crippen MR) is 206 cm³/mol. The number of anilines is 6. The molecular weight excluding hydrogens is 597 g/mol. The van der Waals surface area contributed by atoms with Crippen molar-refractivity contribution >= 4 is 66.8 Å². The minimum Gasteiger partial charge on any atom is -0.455 e. The van der Waals surface area contributed by atoms with Crippen LogP contribution >= 0.6 is 0 Å². The Bertz CT molecular complexity index is 2500. The second kappa shape index (κ2) is 12.2. The smallest absolute Gasteiger partial charge is 0.143 e. The summed E-state index contributed by atoms with van der Waals surface area (Å²) < 4.78 is 6.82. The van der Waals surface area contributed by atoms with Gasteiger partial charge in [-0.05, 0) is 65.5 Å². The van der Waals surface area contributed by atoms with E-state index in [0.29, 0.717) is 0 Å². The van der Waals surface area contributed by atoms with Gasteiger partial charge in [-0.2, -0.15) is 0 Å². The van der Waals surface area contributed by atoms with Gasteiger partial charge in [-0.15, -0.1) is 0 Å². The van der Waals surface area contributed by atoms with Gasteiger partial charge in [0.15, 0.2) is 0 Å². The van der Waals surface area contributed by atoms with Crippen LogP contribution in [0.3, 0.4) is 0 Å². The van der Waals surface area contributed by atoms with E-state index >= 15 is 0 Å². The van der Waals surface area contributed by atoms with Gasteiger partial charge < -0.3 is 14.2 Å². The van der Waals surface area contributed by atoms with E-state index in [-0.39, 0.29) is 0 Å². The summed E-state index contributed by atoms with van der Waals surface area (Å²) >= 11 is 0. The lowest BCUT2D eigenvalue weighted by Crippen LogP contribution is -2.17. The van der Waals surface area contributed by atoms with Crippen LogP contribution in [-0.4, -0.2) is 0 Å². The van der Waals surface area contributed by atoms with Crippen molar-refractivity contribution < 1.29 is 4.42 Å². The molecule has 0 aliphatic rings. The van der Waals surface area contributed by atoms with E-state index < -0.39 is 0 Å². The summed E-state index contributed by atoms with van der Waals surface area (Å²) in [5.74, 6) is 0. The standard InChI is InChI=1S/C46H32N2O/c1-5-17-33(18-6-1)38-26-15-16-28-42(38)48(37-24-11-4-12-25-37)43-31-41-40-30-29-34-19-13-14-27-39(34)46(40)49-45(41)32-44(43)47(35-20-7-2-8-21-35)36-22-9-3-10-23-36/h1-32H. The minimum absolute atomic E-state index is 0.839. The second-order valence-corrected chi connectivity index (χ2v) is 12.2. The van der Waals surface area contributed by atoms with E-state index in [1.54, 1.807) is 0 Å². The Hall–Kier alpha value is -6.58. The Morgan fingerprint density at radius 3 is 1.55 bits per heavy atom. The topological polar surface area (TPSA) is 19.6 Å². The lowest BCUT2D eigenvalue weighted by Gasteiger charge is -2.34. The van der Waals surface area contributed by atoms with Crippen molar-refractivity contribution in [2.24, 2.45) is 0 Å². The van der Waals surface area contributed by atoms with E-state index in [1.807, 2.05) is 0 Å². The molecule has 0 spiro atoms. The first kappa shape index (κ1) is 28.6. The van der Waals surface area contributed by atoms with Crippen molar-refractivity contribution in [2.45, 2.75) is 0 Å². The van der Waals surface area contributed by atoms with Crippen molar-refractivity contribution in [1.29, 1.82) is 0 Å². The highest BCUT2D eigenvalue weighted by atomic mass is 16.3. The number of benzene rings is 8. The molecule has 49 heavy (non-hydrogen) atoms. The van der Waals surface area contributed by atoms with Crippen LogP contribution in [0.4, 0.5) is 34.1 Å². The van der Waals surface area contributed by atoms with Gasteiger partial charge in [0.25, 0.3) is 0 Å². The molecule has 0 saturated carbocycles. The molecule has 0 N–H and O–H groups in total. The number of hydrogen-bond donors (Lipinski definition) is 0. The van der Waals surface area contributed by atoms with Crippen molar-refractivity contribution in [3.63, 3.8) is 0 Å². The maximum absolute atomic E-state index is 6.82. The zero-order chi connectivity index (χ0) is 32.6. The molecule has 0 unspecified atom stereocenters. The van der Waals surface area contributed by atoms with Crippen LogP contribution in [-0.2, 0) is 0 Å². The first-order valence-electron chi connectivity index (χ1n) is 16.6. The Balaban J connectivity index is 1.41. The molecule has 0 amide bonds. The fraction of sp³-hybridized carbons (Fsp3) is 0. The maximum atomic E-state index is 6.82. The number of rotatable bonds is 7. The molecule has 1 aromatic heterocycles. The SMILES string of the molecule is c1ccc(-c2ccccc2N(c2ccccc2)c2cc3c(cc2N(c2ccccc2)c2ccccc2)oc2c4ccccc4ccc32)cc1. The molecule has 0 aliphatic carbocycles. The zero-order valence-corrected chi connectivity index (χ0v) is 26.8. The third kappa shape index (κ3) is 5.09. The molecule has 0 atom stereocenters. The van der Waals surface area contributed by atoms with Crippen LogP contribution in [0.25, 0.3) is 43.8 Å². The molecule has 9 rings (SSSR count). The average molecular weight is 629 g/mol. The molecule has 0 saturated heterocycles. The Kier molecular flexibility index (Phi) is 7.14. The molecule has 0 fully saturated rings. The Morgan fingerprint density at radius 1 is 0.347 bits per heavy atom. The molecule has 0 aliphatic heterocycles. The van der Waals surface area contributed by atoms with E-state index in [1.165, 1.54) is 0 Å². The van der Waals surface area contributed by atoms with Gasteiger partial charge in [0.05, 0.1) is 17.1 Å². The summed E-state index contributed by atoms with van der Waals surface area (Å²) in [6.07, 6.45) is 0. The lowest BCUT2D eigenvalue weighted by atomic mass is 10.0.